The number of carbonyl (C=O) groups excluding carboxylic acids is 1. The lowest BCUT2D eigenvalue weighted by atomic mass is 10.1. The smallest absolute Gasteiger partial charge is 0.335 e. The predicted octanol–water partition coefficient (Wildman–Crippen LogP) is 6.81. The first-order valence-electron chi connectivity index (χ1n) is 11.9. The summed E-state index contributed by atoms with van der Waals surface area (Å²) in [6.07, 6.45) is 1.71. The minimum atomic E-state index is -0.998. The van der Waals surface area contributed by atoms with E-state index in [1.165, 1.54) is 35.7 Å². The molecule has 0 unspecified atom stereocenters. The maximum absolute atomic E-state index is 13.5. The number of imidazole rings is 1. The Bertz CT molecular complexity index is 1710. The molecule has 5 aromatic rings. The molecule has 0 radical (unpaired) electrons. The Balaban J connectivity index is 1.25. The van der Waals surface area contributed by atoms with E-state index in [0.29, 0.717) is 26.1 Å². The van der Waals surface area contributed by atoms with Crippen LogP contribution in [0.1, 0.15) is 21.7 Å². The van der Waals surface area contributed by atoms with Gasteiger partial charge in [0.15, 0.2) is 15.4 Å². The summed E-state index contributed by atoms with van der Waals surface area (Å²) in [7, 11) is 0. The number of carbonyl (C=O) groups is 2. The highest BCUT2D eigenvalue weighted by Gasteiger charge is 2.34. The lowest BCUT2D eigenvalue weighted by Crippen LogP contribution is -2.28. The number of furan rings is 1. The Kier molecular flexibility index (Phi) is 6.78. The summed E-state index contributed by atoms with van der Waals surface area (Å²) in [5.41, 5.74) is 3.53. The van der Waals surface area contributed by atoms with Crippen LogP contribution in [0, 0.1) is 0 Å². The second-order valence-electron chi connectivity index (χ2n) is 8.55. The number of thioether (sulfide) groups is 1. The molecular formula is C29H20N4O4S2. The lowest BCUT2D eigenvalue weighted by molar-refractivity contribution is -0.122. The second kappa shape index (κ2) is 10.7. The molecule has 3 heterocycles. The quantitative estimate of drug-likeness (QED) is 0.213. The van der Waals surface area contributed by atoms with Crippen LogP contribution in [0.15, 0.2) is 116 Å². The number of amidine groups is 1. The van der Waals surface area contributed by atoms with Crippen LogP contribution in [0.3, 0.4) is 0 Å². The number of H-pyrrole nitrogens is 1. The number of carboxylic acid groups (broad SMARTS) is 1. The number of aromatic nitrogens is 2. The molecule has 1 fully saturated rings. The number of hydrogen-bond acceptors (Lipinski definition) is 7. The molecule has 3 aromatic carbocycles. The van der Waals surface area contributed by atoms with Crippen molar-refractivity contribution in [3.05, 3.63) is 113 Å². The van der Waals surface area contributed by atoms with E-state index in [4.69, 9.17) is 9.41 Å². The third-order valence-corrected chi connectivity index (χ3v) is 7.66. The van der Waals surface area contributed by atoms with Gasteiger partial charge in [-0.25, -0.2) is 14.8 Å². The van der Waals surface area contributed by atoms with Gasteiger partial charge in [0.2, 0.25) is 0 Å². The Hall–Kier alpha value is -4.54. The van der Waals surface area contributed by atoms with Gasteiger partial charge in [-0.3, -0.25) is 9.69 Å². The average molecular weight is 553 g/mol. The fraction of sp³-hybridized carbons (Fsp3) is 0.0345. The normalized spacial score (nSPS) is 15.6. The number of nitrogens with one attached hydrogen (secondary N) is 1. The number of carboxylic acids is 1. The average Bonchev–Trinajstić information content (AvgIpc) is 3.64. The number of fused-ring (bicyclic) bond motifs is 1. The highest BCUT2D eigenvalue weighted by Crippen LogP contribution is 2.36. The summed E-state index contributed by atoms with van der Waals surface area (Å²) >= 11 is 2.64. The van der Waals surface area contributed by atoms with Crippen molar-refractivity contribution in [2.75, 3.05) is 0 Å². The Labute approximate surface area is 231 Å². The zero-order chi connectivity index (χ0) is 26.8. The summed E-state index contributed by atoms with van der Waals surface area (Å²) in [5, 5.41) is 11.1. The van der Waals surface area contributed by atoms with Crippen molar-refractivity contribution in [2.24, 2.45) is 4.99 Å². The Morgan fingerprint density at radius 1 is 1.03 bits per heavy atom. The number of para-hydroxylation sites is 3. The zero-order valence-corrected chi connectivity index (χ0v) is 21.9. The largest absolute Gasteiger partial charge is 0.478 e. The molecule has 0 spiro atoms. The van der Waals surface area contributed by atoms with Crippen molar-refractivity contribution in [3.8, 4) is 0 Å². The fourth-order valence-corrected chi connectivity index (χ4v) is 5.70. The molecule has 8 nitrogen and oxygen atoms in total. The molecule has 192 valence electrons. The van der Waals surface area contributed by atoms with Gasteiger partial charge in [-0.1, -0.05) is 42.5 Å². The Morgan fingerprint density at radius 2 is 1.79 bits per heavy atom. The molecule has 0 saturated carbocycles. The van der Waals surface area contributed by atoms with E-state index in [-0.39, 0.29) is 18.0 Å². The monoisotopic (exact) mass is 552 g/mol. The van der Waals surface area contributed by atoms with Gasteiger partial charge in [0.25, 0.3) is 5.91 Å². The highest BCUT2D eigenvalue weighted by atomic mass is 32.2. The van der Waals surface area contributed by atoms with E-state index >= 15 is 0 Å². The van der Waals surface area contributed by atoms with Crippen molar-refractivity contribution < 1.29 is 19.1 Å². The molecule has 39 heavy (non-hydrogen) atoms. The fourth-order valence-electron chi connectivity index (χ4n) is 3.95. The third kappa shape index (κ3) is 5.52. The van der Waals surface area contributed by atoms with E-state index in [1.54, 1.807) is 23.1 Å². The summed E-state index contributed by atoms with van der Waals surface area (Å²) in [5.74, 6) is -0.668. The van der Waals surface area contributed by atoms with Gasteiger partial charge in [0.1, 0.15) is 5.76 Å². The summed E-state index contributed by atoms with van der Waals surface area (Å²) in [4.78, 5) is 39.3. The molecule has 0 aliphatic carbocycles. The maximum atomic E-state index is 13.5. The summed E-state index contributed by atoms with van der Waals surface area (Å²) in [6, 6.07) is 27.3. The van der Waals surface area contributed by atoms with Gasteiger partial charge in [-0.05, 0) is 77.6 Å². The summed E-state index contributed by atoms with van der Waals surface area (Å²) in [6.45, 7) is 0.250. The first-order valence-corrected chi connectivity index (χ1v) is 13.5. The molecule has 1 aliphatic rings. The van der Waals surface area contributed by atoms with Crippen LogP contribution in [0.4, 0.5) is 5.69 Å². The van der Waals surface area contributed by atoms with E-state index in [9.17, 15) is 14.7 Å². The minimum Gasteiger partial charge on any atom is -0.478 e. The van der Waals surface area contributed by atoms with Gasteiger partial charge < -0.3 is 14.5 Å². The summed E-state index contributed by atoms with van der Waals surface area (Å²) < 4.78 is 5.98. The second-order valence-corrected chi connectivity index (χ2v) is 10.6. The van der Waals surface area contributed by atoms with Crippen molar-refractivity contribution in [1.82, 2.24) is 14.9 Å². The number of benzene rings is 3. The first kappa shape index (κ1) is 24.8. The number of aliphatic imine (C=N–C) groups is 1. The molecule has 1 aliphatic heterocycles. The van der Waals surface area contributed by atoms with E-state index < -0.39 is 5.97 Å². The highest BCUT2D eigenvalue weighted by molar-refractivity contribution is 8.18. The van der Waals surface area contributed by atoms with Crippen LogP contribution in [0.25, 0.3) is 17.1 Å². The van der Waals surface area contributed by atoms with Crippen molar-refractivity contribution >= 4 is 63.4 Å². The number of hydrogen-bond donors (Lipinski definition) is 2. The molecule has 1 amide bonds. The maximum Gasteiger partial charge on any atom is 0.335 e. The zero-order valence-electron chi connectivity index (χ0n) is 20.3. The van der Waals surface area contributed by atoms with Crippen LogP contribution >= 0.6 is 23.5 Å². The van der Waals surface area contributed by atoms with Crippen molar-refractivity contribution in [3.63, 3.8) is 0 Å². The number of nitrogens with zero attached hydrogens (tertiary/aromatic N) is 3. The third-order valence-electron chi connectivity index (χ3n) is 5.85. The molecule has 6 rings (SSSR count). The van der Waals surface area contributed by atoms with E-state index in [1.807, 2.05) is 66.7 Å². The molecule has 0 bridgehead atoms. The number of aromatic carboxylic acids is 1. The van der Waals surface area contributed by atoms with Gasteiger partial charge in [0, 0.05) is 6.08 Å². The molecule has 0 atom stereocenters. The minimum absolute atomic E-state index is 0.189. The number of rotatable bonds is 7. The van der Waals surface area contributed by atoms with Gasteiger partial charge in [-0.2, -0.15) is 0 Å². The van der Waals surface area contributed by atoms with Crippen LogP contribution in [0.5, 0.6) is 0 Å². The van der Waals surface area contributed by atoms with Crippen LogP contribution in [-0.4, -0.2) is 37.0 Å². The van der Waals surface area contributed by atoms with E-state index in [2.05, 4.69) is 9.97 Å². The first-order chi connectivity index (χ1) is 19.0. The lowest BCUT2D eigenvalue weighted by Gasteiger charge is -2.16. The van der Waals surface area contributed by atoms with Crippen molar-refractivity contribution in [1.29, 1.82) is 0 Å². The number of aromatic amines is 1. The molecule has 10 heteroatoms. The molecule has 2 aromatic heterocycles. The SMILES string of the molecule is O=C(O)c1ccc(CN2C(=O)/C(=C/c3ccc(Sc4nc5ccccc5[nH]4)o3)SC2=Nc2ccccc2)cc1. The van der Waals surface area contributed by atoms with E-state index in [0.717, 1.165) is 22.3 Å². The molecule has 2 N–H and O–H groups in total. The van der Waals surface area contributed by atoms with Gasteiger partial charge in [0.05, 0.1) is 33.7 Å². The molecular weight excluding hydrogens is 532 g/mol. The number of amides is 1. The predicted molar refractivity (Wildman–Crippen MR) is 152 cm³/mol. The topological polar surface area (TPSA) is 112 Å². The van der Waals surface area contributed by atoms with Gasteiger partial charge in [-0.15, -0.1) is 0 Å². The van der Waals surface area contributed by atoms with Crippen LogP contribution in [-0.2, 0) is 11.3 Å². The Morgan fingerprint density at radius 3 is 2.56 bits per heavy atom. The van der Waals surface area contributed by atoms with Crippen molar-refractivity contribution in [2.45, 2.75) is 16.8 Å². The standard InChI is InChI=1S/C29H20N4O4S2/c34-26-24(16-21-14-15-25(37-21)39-28-31-22-8-4-5-9-23(22)32-28)38-29(30-20-6-2-1-3-7-20)33(26)17-18-10-12-19(13-11-18)27(35)36/h1-16H,17H2,(H,31,32)(H,35,36)/b24-16-,30-29?. The van der Waals surface area contributed by atoms with Gasteiger partial charge >= 0.3 is 5.97 Å². The van der Waals surface area contributed by atoms with Crippen LogP contribution < -0.4 is 0 Å². The van der Waals surface area contributed by atoms with Crippen LogP contribution in [0.2, 0.25) is 0 Å². The molecule has 1 saturated heterocycles.